The van der Waals surface area contributed by atoms with E-state index >= 15 is 0 Å². The number of hydrogen-bond donors (Lipinski definition) is 1. The molecule has 0 saturated carbocycles. The molecule has 1 aromatic rings. The number of carbonyl (C=O) groups is 2. The Morgan fingerprint density at radius 2 is 2.05 bits per heavy atom. The van der Waals surface area contributed by atoms with Gasteiger partial charge in [0.1, 0.15) is 17.9 Å². The van der Waals surface area contributed by atoms with Gasteiger partial charge in [-0.05, 0) is 44.0 Å². The summed E-state index contributed by atoms with van der Waals surface area (Å²) in [6.45, 7) is 5.28. The summed E-state index contributed by atoms with van der Waals surface area (Å²) in [7, 11) is 0. The Labute approximate surface area is 118 Å². The lowest BCUT2D eigenvalue weighted by molar-refractivity contribution is -0.133. The number of benzene rings is 1. The van der Waals surface area contributed by atoms with E-state index in [9.17, 15) is 14.0 Å². The molecule has 5 heteroatoms. The van der Waals surface area contributed by atoms with Crippen molar-refractivity contribution >= 4 is 17.5 Å². The maximum absolute atomic E-state index is 13.4. The first-order valence-electron chi connectivity index (χ1n) is 6.85. The van der Waals surface area contributed by atoms with Gasteiger partial charge in [-0.1, -0.05) is 13.3 Å². The van der Waals surface area contributed by atoms with E-state index in [0.29, 0.717) is 17.7 Å². The first-order chi connectivity index (χ1) is 9.45. The van der Waals surface area contributed by atoms with Gasteiger partial charge in [0.05, 0.1) is 0 Å². The number of nitrogens with one attached hydrogen (secondary N) is 1. The third-order valence-corrected chi connectivity index (χ3v) is 3.62. The van der Waals surface area contributed by atoms with E-state index in [2.05, 4.69) is 5.32 Å². The molecule has 0 radical (unpaired) electrons. The minimum absolute atomic E-state index is 0.134. The number of rotatable bonds is 3. The molecule has 0 spiro atoms. The second kappa shape index (κ2) is 5.61. The van der Waals surface area contributed by atoms with Crippen LogP contribution in [-0.2, 0) is 9.59 Å². The lowest BCUT2D eigenvalue weighted by Gasteiger charge is -2.37. The molecule has 1 saturated heterocycles. The summed E-state index contributed by atoms with van der Waals surface area (Å²) in [6.07, 6.45) is 1.41. The van der Waals surface area contributed by atoms with E-state index in [4.69, 9.17) is 0 Å². The summed E-state index contributed by atoms with van der Waals surface area (Å²) < 4.78 is 13.4. The van der Waals surface area contributed by atoms with Gasteiger partial charge in [-0.25, -0.2) is 4.39 Å². The van der Waals surface area contributed by atoms with Crippen LogP contribution in [0.1, 0.15) is 32.3 Å². The average molecular weight is 278 g/mol. The fourth-order valence-corrected chi connectivity index (χ4v) is 2.44. The highest BCUT2D eigenvalue weighted by Gasteiger charge is 2.38. The van der Waals surface area contributed by atoms with Gasteiger partial charge in [-0.2, -0.15) is 0 Å². The van der Waals surface area contributed by atoms with Crippen LogP contribution in [0.3, 0.4) is 0 Å². The summed E-state index contributed by atoms with van der Waals surface area (Å²) in [4.78, 5) is 25.9. The molecule has 0 bridgehead atoms. The molecule has 1 aliphatic heterocycles. The van der Waals surface area contributed by atoms with Gasteiger partial charge in [0.15, 0.2) is 0 Å². The van der Waals surface area contributed by atoms with Crippen molar-refractivity contribution in [3.63, 3.8) is 0 Å². The summed E-state index contributed by atoms with van der Waals surface area (Å²) in [5.41, 5.74) is 1.03. The van der Waals surface area contributed by atoms with Gasteiger partial charge in [0.2, 0.25) is 11.8 Å². The SMILES string of the molecule is CCCC1NC(=O)C(C)N(c2ccc(F)c(C)c2)C1=O. The quantitative estimate of drug-likeness (QED) is 0.921. The van der Waals surface area contributed by atoms with Crippen LogP contribution in [0, 0.1) is 12.7 Å². The number of aryl methyl sites for hydroxylation is 1. The summed E-state index contributed by atoms with van der Waals surface area (Å²) >= 11 is 0. The monoisotopic (exact) mass is 278 g/mol. The maximum atomic E-state index is 13.4. The smallest absolute Gasteiger partial charge is 0.250 e. The second-order valence-electron chi connectivity index (χ2n) is 5.17. The molecule has 2 amide bonds. The second-order valence-corrected chi connectivity index (χ2v) is 5.17. The van der Waals surface area contributed by atoms with Crippen molar-refractivity contribution < 1.29 is 14.0 Å². The molecule has 2 rings (SSSR count). The fourth-order valence-electron chi connectivity index (χ4n) is 2.44. The molecule has 2 atom stereocenters. The lowest BCUT2D eigenvalue weighted by atomic mass is 10.0. The van der Waals surface area contributed by atoms with Crippen LogP contribution in [0.25, 0.3) is 0 Å². The third-order valence-electron chi connectivity index (χ3n) is 3.62. The number of anilines is 1. The average Bonchev–Trinajstić information content (AvgIpc) is 2.40. The van der Waals surface area contributed by atoms with Crippen LogP contribution in [0.4, 0.5) is 10.1 Å². The largest absolute Gasteiger partial charge is 0.342 e. The van der Waals surface area contributed by atoms with Crippen LogP contribution in [-0.4, -0.2) is 23.9 Å². The van der Waals surface area contributed by atoms with E-state index in [-0.39, 0.29) is 17.6 Å². The summed E-state index contributed by atoms with van der Waals surface area (Å²) in [6, 6.07) is 3.39. The number of piperazine rings is 1. The van der Waals surface area contributed by atoms with Crippen LogP contribution >= 0.6 is 0 Å². The van der Waals surface area contributed by atoms with Crippen molar-refractivity contribution in [1.29, 1.82) is 0 Å². The Hall–Kier alpha value is -1.91. The van der Waals surface area contributed by atoms with E-state index < -0.39 is 12.1 Å². The van der Waals surface area contributed by atoms with Gasteiger partial charge in [0, 0.05) is 5.69 Å². The van der Waals surface area contributed by atoms with E-state index in [1.165, 1.54) is 11.0 Å². The van der Waals surface area contributed by atoms with E-state index in [1.807, 2.05) is 6.92 Å². The van der Waals surface area contributed by atoms with Crippen LogP contribution in [0.15, 0.2) is 18.2 Å². The van der Waals surface area contributed by atoms with Crippen molar-refractivity contribution in [2.75, 3.05) is 4.90 Å². The number of nitrogens with zero attached hydrogens (tertiary/aromatic N) is 1. The number of hydrogen-bond acceptors (Lipinski definition) is 2. The molecule has 1 N–H and O–H groups in total. The Kier molecular flexibility index (Phi) is 4.06. The molecular formula is C15H19FN2O2. The van der Waals surface area contributed by atoms with Crippen molar-refractivity contribution in [3.8, 4) is 0 Å². The molecule has 1 aliphatic rings. The number of carbonyl (C=O) groups excluding carboxylic acids is 2. The van der Waals surface area contributed by atoms with Gasteiger partial charge in [-0.15, -0.1) is 0 Å². The van der Waals surface area contributed by atoms with Crippen molar-refractivity contribution in [2.24, 2.45) is 0 Å². The topological polar surface area (TPSA) is 49.4 Å². The standard InChI is InChI=1S/C15H19FN2O2/c1-4-5-13-15(20)18(10(3)14(19)17-13)11-6-7-12(16)9(2)8-11/h6-8,10,13H,4-5H2,1-3H3,(H,17,19). The minimum atomic E-state index is -0.583. The molecule has 1 aromatic carbocycles. The molecule has 1 heterocycles. The van der Waals surface area contributed by atoms with Gasteiger partial charge < -0.3 is 5.32 Å². The Balaban J connectivity index is 2.37. The van der Waals surface area contributed by atoms with Gasteiger partial charge in [0.25, 0.3) is 0 Å². The minimum Gasteiger partial charge on any atom is -0.342 e. The molecule has 1 fully saturated rings. The zero-order valence-electron chi connectivity index (χ0n) is 11.9. The molecule has 2 unspecified atom stereocenters. The Morgan fingerprint density at radius 1 is 1.35 bits per heavy atom. The summed E-state index contributed by atoms with van der Waals surface area (Å²) in [5.74, 6) is -0.629. The zero-order valence-corrected chi connectivity index (χ0v) is 11.9. The summed E-state index contributed by atoms with van der Waals surface area (Å²) in [5, 5.41) is 2.74. The highest BCUT2D eigenvalue weighted by Crippen LogP contribution is 2.24. The van der Waals surface area contributed by atoms with Gasteiger partial charge >= 0.3 is 0 Å². The van der Waals surface area contributed by atoms with E-state index in [1.54, 1.807) is 26.0 Å². The molecule has 108 valence electrons. The van der Waals surface area contributed by atoms with Crippen LogP contribution in [0.5, 0.6) is 0 Å². The zero-order chi connectivity index (χ0) is 14.9. The number of halogens is 1. The number of amides is 2. The van der Waals surface area contributed by atoms with Crippen molar-refractivity contribution in [3.05, 3.63) is 29.6 Å². The molecule has 4 nitrogen and oxygen atoms in total. The normalized spacial score (nSPS) is 22.9. The Bertz CT molecular complexity index is 545. The predicted octanol–water partition coefficient (Wildman–Crippen LogP) is 2.15. The maximum Gasteiger partial charge on any atom is 0.250 e. The molecule has 0 aromatic heterocycles. The molecular weight excluding hydrogens is 259 g/mol. The van der Waals surface area contributed by atoms with E-state index in [0.717, 1.165) is 6.42 Å². The first-order valence-corrected chi connectivity index (χ1v) is 6.85. The van der Waals surface area contributed by atoms with Crippen LogP contribution in [0.2, 0.25) is 0 Å². The third kappa shape index (κ3) is 2.53. The van der Waals surface area contributed by atoms with Crippen LogP contribution < -0.4 is 10.2 Å². The highest BCUT2D eigenvalue weighted by molar-refractivity contribution is 6.08. The fraction of sp³-hybridized carbons (Fsp3) is 0.467. The lowest BCUT2D eigenvalue weighted by Crippen LogP contribution is -2.62. The van der Waals surface area contributed by atoms with Crippen molar-refractivity contribution in [1.82, 2.24) is 5.32 Å². The highest BCUT2D eigenvalue weighted by atomic mass is 19.1. The predicted molar refractivity (Wildman–Crippen MR) is 74.9 cm³/mol. The Morgan fingerprint density at radius 3 is 2.65 bits per heavy atom. The first kappa shape index (κ1) is 14.5. The van der Waals surface area contributed by atoms with Gasteiger partial charge in [-0.3, -0.25) is 14.5 Å². The van der Waals surface area contributed by atoms with Crippen molar-refractivity contribution in [2.45, 2.75) is 45.7 Å². The molecule has 20 heavy (non-hydrogen) atoms. The molecule has 0 aliphatic carbocycles.